The van der Waals surface area contributed by atoms with Gasteiger partial charge in [-0.1, -0.05) is 41.9 Å². The molecule has 2 aromatic rings. The first-order valence-corrected chi connectivity index (χ1v) is 10.7. The van der Waals surface area contributed by atoms with E-state index in [0.717, 1.165) is 37.1 Å². The minimum Gasteiger partial charge on any atom is -0.481 e. The van der Waals surface area contributed by atoms with Crippen molar-refractivity contribution in [1.29, 1.82) is 0 Å². The molecule has 1 N–H and O–H groups in total. The monoisotopic (exact) mass is 414 g/mol. The van der Waals surface area contributed by atoms with E-state index in [0.29, 0.717) is 5.75 Å². The summed E-state index contributed by atoms with van der Waals surface area (Å²) in [5.41, 5.74) is 1.36. The maximum Gasteiger partial charge on any atom is 0.260 e. The molecule has 0 bridgehead atoms. The summed E-state index contributed by atoms with van der Waals surface area (Å²) in [4.78, 5) is 14.9. The number of ether oxygens (including phenoxy) is 1. The van der Waals surface area contributed by atoms with Crippen LogP contribution < -0.4 is 10.1 Å². The number of carbonyl (C=O) groups excluding carboxylic acids is 1. The number of nitrogens with zero attached hydrogens (tertiary/aromatic N) is 1. The topological polar surface area (TPSA) is 41.6 Å². The largest absolute Gasteiger partial charge is 0.481 e. The third-order valence-corrected chi connectivity index (χ3v) is 6.29. The molecule has 0 radical (unpaired) electrons. The summed E-state index contributed by atoms with van der Waals surface area (Å²) in [5, 5.41) is 3.97. The Morgan fingerprint density at radius 3 is 2.48 bits per heavy atom. The molecule has 2 aromatic carbocycles. The number of amides is 1. The molecule has 0 spiro atoms. The Balaban J connectivity index is 1.55. The summed E-state index contributed by atoms with van der Waals surface area (Å²) in [6.45, 7) is 1.80. The van der Waals surface area contributed by atoms with Crippen LogP contribution in [0, 0.1) is 0 Å². The van der Waals surface area contributed by atoms with Crippen molar-refractivity contribution in [3.05, 3.63) is 65.2 Å². The molecular formula is C24H31ClN2O2. The van der Waals surface area contributed by atoms with Gasteiger partial charge in [0.1, 0.15) is 5.75 Å². The van der Waals surface area contributed by atoms with Gasteiger partial charge in [-0.3, -0.25) is 4.79 Å². The molecule has 156 valence electrons. The maximum atomic E-state index is 12.6. The molecule has 1 aliphatic carbocycles. The second-order valence-electron chi connectivity index (χ2n) is 8.28. The SMILES string of the molecule is CC(Oc1ccccc1)C(=O)NC1CCC(Cc2cccc(Cl)c2)(N(C)C)CC1. The van der Waals surface area contributed by atoms with E-state index in [9.17, 15) is 4.79 Å². The van der Waals surface area contributed by atoms with E-state index in [1.165, 1.54) is 5.56 Å². The Morgan fingerprint density at radius 2 is 1.86 bits per heavy atom. The lowest BCUT2D eigenvalue weighted by atomic mass is 9.75. The molecule has 1 amide bonds. The Labute approximate surface area is 179 Å². The molecule has 0 aromatic heterocycles. The second-order valence-corrected chi connectivity index (χ2v) is 8.72. The van der Waals surface area contributed by atoms with Gasteiger partial charge in [0.15, 0.2) is 6.10 Å². The van der Waals surface area contributed by atoms with Gasteiger partial charge in [-0.2, -0.15) is 0 Å². The van der Waals surface area contributed by atoms with Crippen molar-refractivity contribution in [3.8, 4) is 5.75 Å². The maximum absolute atomic E-state index is 12.6. The van der Waals surface area contributed by atoms with Gasteiger partial charge in [-0.05, 0) is 83.0 Å². The van der Waals surface area contributed by atoms with Gasteiger partial charge in [-0.15, -0.1) is 0 Å². The van der Waals surface area contributed by atoms with Crippen molar-refractivity contribution in [2.75, 3.05) is 14.1 Å². The fraction of sp³-hybridized carbons (Fsp3) is 0.458. The summed E-state index contributed by atoms with van der Waals surface area (Å²) in [5.74, 6) is 0.665. The first-order chi connectivity index (χ1) is 13.9. The van der Waals surface area contributed by atoms with Crippen LogP contribution in [0.2, 0.25) is 5.02 Å². The summed E-state index contributed by atoms with van der Waals surface area (Å²) in [6, 6.07) is 17.8. The summed E-state index contributed by atoms with van der Waals surface area (Å²) < 4.78 is 5.75. The Bertz CT molecular complexity index is 802. The van der Waals surface area contributed by atoms with Crippen LogP contribution in [-0.4, -0.2) is 42.6 Å². The Morgan fingerprint density at radius 1 is 1.17 bits per heavy atom. The molecule has 0 heterocycles. The van der Waals surface area contributed by atoms with Crippen LogP contribution in [0.4, 0.5) is 0 Å². The smallest absolute Gasteiger partial charge is 0.260 e. The van der Waals surface area contributed by atoms with Crippen molar-refractivity contribution >= 4 is 17.5 Å². The van der Waals surface area contributed by atoms with E-state index in [4.69, 9.17) is 16.3 Å². The lowest BCUT2D eigenvalue weighted by Gasteiger charge is -2.45. The molecule has 1 atom stereocenters. The van der Waals surface area contributed by atoms with E-state index in [2.05, 4.69) is 36.4 Å². The van der Waals surface area contributed by atoms with Crippen LogP contribution >= 0.6 is 11.6 Å². The lowest BCUT2D eigenvalue weighted by molar-refractivity contribution is -0.128. The van der Waals surface area contributed by atoms with Crippen LogP contribution in [-0.2, 0) is 11.2 Å². The van der Waals surface area contributed by atoms with Gasteiger partial charge in [0.2, 0.25) is 0 Å². The second kappa shape index (κ2) is 9.64. The highest BCUT2D eigenvalue weighted by molar-refractivity contribution is 6.30. The molecular weight excluding hydrogens is 384 g/mol. The summed E-state index contributed by atoms with van der Waals surface area (Å²) >= 11 is 6.18. The fourth-order valence-electron chi connectivity index (χ4n) is 4.18. The van der Waals surface area contributed by atoms with Crippen LogP contribution in [0.15, 0.2) is 54.6 Å². The van der Waals surface area contributed by atoms with E-state index in [-0.39, 0.29) is 17.5 Å². The molecule has 4 nitrogen and oxygen atoms in total. The summed E-state index contributed by atoms with van der Waals surface area (Å²) in [6.07, 6.45) is 4.45. The molecule has 1 aliphatic rings. The van der Waals surface area contributed by atoms with Gasteiger partial charge in [0.05, 0.1) is 0 Å². The number of nitrogens with one attached hydrogen (secondary N) is 1. The highest BCUT2D eigenvalue weighted by Gasteiger charge is 2.38. The third-order valence-electron chi connectivity index (χ3n) is 6.06. The van der Waals surface area contributed by atoms with Gasteiger partial charge in [-0.25, -0.2) is 0 Å². The van der Waals surface area contributed by atoms with Crippen molar-refractivity contribution in [1.82, 2.24) is 10.2 Å². The van der Waals surface area contributed by atoms with Crippen LogP contribution in [0.1, 0.15) is 38.2 Å². The van der Waals surface area contributed by atoms with E-state index in [1.54, 1.807) is 6.92 Å². The summed E-state index contributed by atoms with van der Waals surface area (Å²) in [7, 11) is 4.30. The zero-order valence-electron chi connectivity index (χ0n) is 17.5. The van der Waals surface area contributed by atoms with Crippen molar-refractivity contribution in [2.24, 2.45) is 0 Å². The van der Waals surface area contributed by atoms with Crippen molar-refractivity contribution in [2.45, 2.75) is 56.7 Å². The predicted molar refractivity (Wildman–Crippen MR) is 119 cm³/mol. The minimum absolute atomic E-state index is 0.0500. The van der Waals surface area contributed by atoms with Gasteiger partial charge in [0, 0.05) is 16.6 Å². The number of benzene rings is 2. The lowest BCUT2D eigenvalue weighted by Crippen LogP contribution is -2.53. The number of hydrogen-bond donors (Lipinski definition) is 1. The molecule has 1 saturated carbocycles. The van der Waals surface area contributed by atoms with E-state index < -0.39 is 6.10 Å². The van der Waals surface area contributed by atoms with Crippen LogP contribution in [0.5, 0.6) is 5.75 Å². The minimum atomic E-state index is -0.510. The van der Waals surface area contributed by atoms with Gasteiger partial charge >= 0.3 is 0 Å². The molecule has 0 saturated heterocycles. The number of para-hydroxylation sites is 1. The number of rotatable bonds is 7. The number of halogens is 1. The standard InChI is InChI=1S/C24H31ClN2O2/c1-18(29-22-10-5-4-6-11-22)23(28)26-21-12-14-24(15-13-21,27(2)3)17-19-8-7-9-20(25)16-19/h4-11,16,18,21H,12-15,17H2,1-3H3,(H,26,28). The van der Waals surface area contributed by atoms with Gasteiger partial charge in [0.25, 0.3) is 5.91 Å². The normalized spacial score (nSPS) is 22.9. The number of hydrogen-bond acceptors (Lipinski definition) is 3. The average molecular weight is 415 g/mol. The first-order valence-electron chi connectivity index (χ1n) is 10.3. The highest BCUT2D eigenvalue weighted by Crippen LogP contribution is 2.36. The zero-order valence-corrected chi connectivity index (χ0v) is 18.3. The van der Waals surface area contributed by atoms with E-state index in [1.807, 2.05) is 42.5 Å². The zero-order chi connectivity index (χ0) is 20.9. The molecule has 3 rings (SSSR count). The number of carbonyl (C=O) groups is 1. The molecule has 5 heteroatoms. The first kappa shape index (κ1) is 21.7. The highest BCUT2D eigenvalue weighted by atomic mass is 35.5. The Kier molecular flexibility index (Phi) is 7.20. The fourth-order valence-corrected chi connectivity index (χ4v) is 4.40. The van der Waals surface area contributed by atoms with Crippen molar-refractivity contribution in [3.63, 3.8) is 0 Å². The van der Waals surface area contributed by atoms with Gasteiger partial charge < -0.3 is 15.0 Å². The molecule has 1 fully saturated rings. The number of likely N-dealkylation sites (N-methyl/N-ethyl adjacent to an activating group) is 1. The average Bonchev–Trinajstić information content (AvgIpc) is 2.70. The quantitative estimate of drug-likeness (QED) is 0.713. The predicted octanol–water partition coefficient (Wildman–Crippen LogP) is 4.71. The van der Waals surface area contributed by atoms with E-state index >= 15 is 0 Å². The van der Waals surface area contributed by atoms with Crippen molar-refractivity contribution < 1.29 is 9.53 Å². The van der Waals surface area contributed by atoms with Crippen LogP contribution in [0.3, 0.4) is 0 Å². The Hall–Kier alpha value is -2.04. The molecule has 1 unspecified atom stereocenters. The molecule has 29 heavy (non-hydrogen) atoms. The third kappa shape index (κ3) is 5.74. The molecule has 0 aliphatic heterocycles. The van der Waals surface area contributed by atoms with Crippen LogP contribution in [0.25, 0.3) is 0 Å².